The van der Waals surface area contributed by atoms with Gasteiger partial charge in [-0.25, -0.2) is 5.43 Å². The lowest BCUT2D eigenvalue weighted by Gasteiger charge is -2.12. The lowest BCUT2D eigenvalue weighted by Crippen LogP contribution is -2.25. The van der Waals surface area contributed by atoms with E-state index in [0.717, 1.165) is 16.7 Å². The fourth-order valence-electron chi connectivity index (χ4n) is 2.53. The molecule has 1 amide bonds. The van der Waals surface area contributed by atoms with Crippen molar-refractivity contribution >= 4 is 12.1 Å². The quantitative estimate of drug-likeness (QED) is 0.603. The van der Waals surface area contributed by atoms with E-state index in [-0.39, 0.29) is 12.4 Å². The number of ether oxygens (including phenoxy) is 2. The fraction of sp³-hybridized carbons (Fsp3) is 0.263. The number of hydrazone groups is 1. The first-order chi connectivity index (χ1) is 12.4. The largest absolute Gasteiger partial charge is 0.483 e. The van der Waals surface area contributed by atoms with E-state index >= 15 is 0 Å². The van der Waals surface area contributed by atoms with E-state index in [1.807, 2.05) is 32.9 Å². The van der Waals surface area contributed by atoms with E-state index in [4.69, 9.17) is 4.74 Å². The van der Waals surface area contributed by atoms with Crippen molar-refractivity contribution < 1.29 is 23.0 Å². The normalized spacial score (nSPS) is 11.0. The zero-order valence-electron chi connectivity index (χ0n) is 14.8. The van der Waals surface area contributed by atoms with Crippen LogP contribution in [0.2, 0.25) is 0 Å². The average Bonchev–Trinajstić information content (AvgIpc) is 2.55. The Balaban J connectivity index is 1.93. The van der Waals surface area contributed by atoms with Crippen LogP contribution < -0.4 is 14.9 Å². The smallest absolute Gasteiger partial charge is 0.387 e. The molecule has 0 unspecified atom stereocenters. The predicted molar refractivity (Wildman–Crippen MR) is 95.0 cm³/mol. The van der Waals surface area contributed by atoms with Gasteiger partial charge in [-0.2, -0.15) is 13.9 Å². The highest BCUT2D eigenvalue weighted by Gasteiger charge is 2.09. The highest BCUT2D eigenvalue weighted by molar-refractivity contribution is 5.85. The number of amides is 1. The molecule has 2 rings (SSSR count). The number of nitrogens with one attached hydrogen (secondary N) is 1. The van der Waals surface area contributed by atoms with Crippen molar-refractivity contribution in [3.05, 3.63) is 58.7 Å². The summed E-state index contributed by atoms with van der Waals surface area (Å²) in [6, 6.07) is 10.1. The summed E-state index contributed by atoms with van der Waals surface area (Å²) in [6.45, 7) is 2.66. The molecule has 7 heteroatoms. The van der Waals surface area contributed by atoms with Crippen molar-refractivity contribution in [1.29, 1.82) is 0 Å². The van der Waals surface area contributed by atoms with E-state index in [9.17, 15) is 13.6 Å². The third-order valence-electron chi connectivity index (χ3n) is 3.48. The minimum atomic E-state index is -2.94. The number of para-hydroxylation sites is 1. The molecule has 0 aliphatic heterocycles. The Morgan fingerprint density at radius 2 is 1.85 bits per heavy atom. The van der Waals surface area contributed by atoms with Gasteiger partial charge in [-0.15, -0.1) is 0 Å². The molecule has 0 aromatic heterocycles. The van der Waals surface area contributed by atoms with Crippen molar-refractivity contribution in [3.8, 4) is 11.5 Å². The molecule has 0 radical (unpaired) electrons. The summed E-state index contributed by atoms with van der Waals surface area (Å²) in [5.74, 6) is 0.168. The number of benzene rings is 2. The number of aryl methyl sites for hydroxylation is 3. The maximum absolute atomic E-state index is 12.3. The average molecular weight is 362 g/mol. The zero-order valence-corrected chi connectivity index (χ0v) is 14.8. The van der Waals surface area contributed by atoms with Gasteiger partial charge in [0.2, 0.25) is 0 Å². The van der Waals surface area contributed by atoms with Crippen molar-refractivity contribution in [3.63, 3.8) is 0 Å². The van der Waals surface area contributed by atoms with Crippen LogP contribution in [0.4, 0.5) is 8.78 Å². The molecular formula is C19H20F2N2O3. The predicted octanol–water partition coefficient (Wildman–Crippen LogP) is 3.74. The number of nitrogens with zero attached hydrogens (tertiary/aromatic N) is 1. The number of hydrogen-bond acceptors (Lipinski definition) is 4. The molecule has 138 valence electrons. The second-order valence-electron chi connectivity index (χ2n) is 5.73. The molecule has 0 aliphatic carbocycles. The second-order valence-corrected chi connectivity index (χ2v) is 5.73. The summed E-state index contributed by atoms with van der Waals surface area (Å²) < 4.78 is 34.6. The summed E-state index contributed by atoms with van der Waals surface area (Å²) in [5.41, 5.74) is 5.61. The van der Waals surface area contributed by atoms with Crippen LogP contribution in [-0.2, 0) is 4.79 Å². The molecule has 5 nitrogen and oxygen atoms in total. The van der Waals surface area contributed by atoms with Crippen LogP contribution in [0.15, 0.2) is 41.5 Å². The van der Waals surface area contributed by atoms with Gasteiger partial charge in [0.05, 0.1) is 6.21 Å². The summed E-state index contributed by atoms with van der Waals surface area (Å²) in [5, 5.41) is 3.75. The van der Waals surface area contributed by atoms with Crippen LogP contribution in [0, 0.1) is 20.8 Å². The number of halogens is 2. The number of carbonyl (C=O) groups excluding carboxylic acids is 1. The van der Waals surface area contributed by atoms with Gasteiger partial charge in [0.1, 0.15) is 11.5 Å². The van der Waals surface area contributed by atoms with E-state index in [1.54, 1.807) is 18.2 Å². The first-order valence-electron chi connectivity index (χ1n) is 7.93. The van der Waals surface area contributed by atoms with Gasteiger partial charge in [0.25, 0.3) is 5.91 Å². The van der Waals surface area contributed by atoms with E-state index in [1.165, 1.54) is 12.3 Å². The van der Waals surface area contributed by atoms with Crippen LogP contribution in [0.25, 0.3) is 0 Å². The highest BCUT2D eigenvalue weighted by atomic mass is 19.3. The first-order valence-corrected chi connectivity index (χ1v) is 7.93. The molecule has 2 aromatic rings. The van der Waals surface area contributed by atoms with Gasteiger partial charge in [-0.05, 0) is 44.0 Å². The van der Waals surface area contributed by atoms with Gasteiger partial charge < -0.3 is 9.47 Å². The van der Waals surface area contributed by atoms with Gasteiger partial charge in [0.15, 0.2) is 6.61 Å². The van der Waals surface area contributed by atoms with Gasteiger partial charge in [0, 0.05) is 5.56 Å². The molecule has 0 saturated carbocycles. The van der Waals surface area contributed by atoms with Crippen molar-refractivity contribution in [2.45, 2.75) is 27.4 Å². The minimum absolute atomic E-state index is 0.0253. The van der Waals surface area contributed by atoms with Gasteiger partial charge >= 0.3 is 6.61 Å². The first kappa shape index (κ1) is 19.4. The molecule has 0 bridgehead atoms. The molecule has 0 fully saturated rings. The van der Waals surface area contributed by atoms with Crippen molar-refractivity contribution in [1.82, 2.24) is 5.43 Å². The van der Waals surface area contributed by atoms with Crippen LogP contribution in [0.3, 0.4) is 0 Å². The standard InChI is InChI=1S/C19H20F2N2O3/c1-12-8-13(2)18(14(3)9-12)25-11-17(24)23-22-10-15-6-4-5-7-16(15)26-19(20)21/h4-10,19H,11H2,1-3H3,(H,23,24). The molecular weight excluding hydrogens is 342 g/mol. The summed E-state index contributed by atoms with van der Waals surface area (Å²) in [6.07, 6.45) is 1.23. The van der Waals surface area contributed by atoms with Crippen molar-refractivity contribution in [2.75, 3.05) is 6.61 Å². The van der Waals surface area contributed by atoms with Gasteiger partial charge in [-0.1, -0.05) is 29.8 Å². The lowest BCUT2D eigenvalue weighted by atomic mass is 10.1. The number of alkyl halides is 2. The lowest BCUT2D eigenvalue weighted by molar-refractivity contribution is -0.123. The third-order valence-corrected chi connectivity index (χ3v) is 3.48. The molecule has 2 aromatic carbocycles. The van der Waals surface area contributed by atoms with Gasteiger partial charge in [-0.3, -0.25) is 4.79 Å². The molecule has 26 heavy (non-hydrogen) atoms. The minimum Gasteiger partial charge on any atom is -0.483 e. The maximum atomic E-state index is 12.3. The molecule has 0 heterocycles. The second kappa shape index (κ2) is 8.94. The zero-order chi connectivity index (χ0) is 19.1. The Hall–Kier alpha value is -2.96. The number of rotatable bonds is 7. The summed E-state index contributed by atoms with van der Waals surface area (Å²) >= 11 is 0. The monoisotopic (exact) mass is 362 g/mol. The molecule has 0 atom stereocenters. The van der Waals surface area contributed by atoms with Crippen LogP contribution in [0.5, 0.6) is 11.5 Å². The van der Waals surface area contributed by atoms with E-state index < -0.39 is 12.5 Å². The topological polar surface area (TPSA) is 59.9 Å². The Morgan fingerprint density at radius 1 is 1.19 bits per heavy atom. The molecule has 1 N–H and O–H groups in total. The highest BCUT2D eigenvalue weighted by Crippen LogP contribution is 2.24. The Labute approximate surface area is 150 Å². The van der Waals surface area contributed by atoms with Crippen LogP contribution in [0.1, 0.15) is 22.3 Å². The maximum Gasteiger partial charge on any atom is 0.387 e. The fourth-order valence-corrected chi connectivity index (χ4v) is 2.53. The third kappa shape index (κ3) is 5.54. The van der Waals surface area contributed by atoms with E-state index in [2.05, 4.69) is 15.3 Å². The Kier molecular flexibility index (Phi) is 6.66. The SMILES string of the molecule is Cc1cc(C)c(OCC(=O)NN=Cc2ccccc2OC(F)F)c(C)c1. The van der Waals surface area contributed by atoms with Crippen LogP contribution >= 0.6 is 0 Å². The number of hydrogen-bond donors (Lipinski definition) is 1. The molecule has 0 spiro atoms. The Morgan fingerprint density at radius 3 is 2.50 bits per heavy atom. The Bertz CT molecular complexity index is 784. The summed E-state index contributed by atoms with van der Waals surface area (Å²) in [7, 11) is 0. The molecule has 0 aliphatic rings. The summed E-state index contributed by atoms with van der Waals surface area (Å²) in [4.78, 5) is 11.9. The number of carbonyl (C=O) groups is 1. The van der Waals surface area contributed by atoms with E-state index in [0.29, 0.717) is 11.3 Å². The van der Waals surface area contributed by atoms with Crippen LogP contribution in [-0.4, -0.2) is 25.3 Å². The molecule has 0 saturated heterocycles. The van der Waals surface area contributed by atoms with Crippen molar-refractivity contribution in [2.24, 2.45) is 5.10 Å².